The molecule has 0 saturated carbocycles. The molecule has 0 bridgehead atoms. The normalized spacial score (nSPS) is 11.3. The Bertz CT molecular complexity index is 1930. The molecule has 0 atom stereocenters. The number of amides is 2. The van der Waals surface area contributed by atoms with Gasteiger partial charge in [-0.2, -0.15) is 0 Å². The van der Waals surface area contributed by atoms with Crippen molar-refractivity contribution in [3.63, 3.8) is 0 Å². The Morgan fingerprint density at radius 2 is 1.48 bits per heavy atom. The number of benzene rings is 2. The Kier molecular flexibility index (Phi) is 6.29. The number of hydrogen-bond donors (Lipinski definition) is 4. The fourth-order valence-corrected chi connectivity index (χ4v) is 4.68. The van der Waals surface area contributed by atoms with Gasteiger partial charge in [-0.25, -0.2) is 47.8 Å². The highest BCUT2D eigenvalue weighted by Gasteiger charge is 2.16. The van der Waals surface area contributed by atoms with E-state index in [-0.39, 0.29) is 16.8 Å². The van der Waals surface area contributed by atoms with Crippen LogP contribution in [0.15, 0.2) is 95.0 Å². The second kappa shape index (κ2) is 10.2. The van der Waals surface area contributed by atoms with Gasteiger partial charge in [0.1, 0.15) is 17.4 Å². The van der Waals surface area contributed by atoms with Crippen molar-refractivity contribution < 1.29 is 17.6 Å². The standard InChI is InChI=1S/C25H18N10O4S/c36-25(32-15-6-8-17(9-7-15)40(37,38)35-24-26-10-3-11-27-24)33-16-12-28-23(29-13-16)34-22-21-20(30-14-31-22)18-4-1-2-5-19(18)39-21/h1-14H,(H,26,27,35)(H2,32,33,36)(H,28,29,30,31,34). The first-order valence-corrected chi connectivity index (χ1v) is 13.1. The molecule has 0 aliphatic rings. The zero-order chi connectivity index (χ0) is 27.5. The summed E-state index contributed by atoms with van der Waals surface area (Å²) >= 11 is 0. The van der Waals surface area contributed by atoms with Gasteiger partial charge in [-0.05, 0) is 42.5 Å². The molecule has 0 aliphatic heterocycles. The molecule has 0 fully saturated rings. The minimum atomic E-state index is -3.89. The fraction of sp³-hybridized carbons (Fsp3) is 0. The van der Waals surface area contributed by atoms with E-state index in [0.717, 1.165) is 5.39 Å². The molecule has 6 rings (SSSR count). The lowest BCUT2D eigenvalue weighted by Crippen LogP contribution is -2.20. The van der Waals surface area contributed by atoms with E-state index in [0.29, 0.717) is 33.9 Å². The van der Waals surface area contributed by atoms with Gasteiger partial charge in [0.25, 0.3) is 10.0 Å². The van der Waals surface area contributed by atoms with Crippen LogP contribution in [0.25, 0.3) is 22.1 Å². The SMILES string of the molecule is O=C(Nc1ccc(S(=O)(=O)Nc2ncccn2)cc1)Nc1cnc(Nc2ncnc3c2oc2ccccc23)nc1. The van der Waals surface area contributed by atoms with Crippen LogP contribution in [0.3, 0.4) is 0 Å². The lowest BCUT2D eigenvalue weighted by Gasteiger charge is -2.10. The van der Waals surface area contributed by atoms with Crippen LogP contribution < -0.4 is 20.7 Å². The average Bonchev–Trinajstić information content (AvgIpc) is 3.35. The number of furan rings is 1. The highest BCUT2D eigenvalue weighted by molar-refractivity contribution is 7.92. The van der Waals surface area contributed by atoms with Crippen molar-refractivity contribution in [2.45, 2.75) is 4.90 Å². The monoisotopic (exact) mass is 554 g/mol. The van der Waals surface area contributed by atoms with Crippen molar-refractivity contribution in [1.29, 1.82) is 0 Å². The topological polar surface area (TPSA) is 190 Å². The van der Waals surface area contributed by atoms with Gasteiger partial charge in [-0.15, -0.1) is 0 Å². The van der Waals surface area contributed by atoms with Crippen molar-refractivity contribution >= 4 is 67.2 Å². The molecule has 4 N–H and O–H groups in total. The number of nitrogens with zero attached hydrogens (tertiary/aromatic N) is 6. The third-order valence-electron chi connectivity index (χ3n) is 5.51. The van der Waals surface area contributed by atoms with E-state index in [4.69, 9.17) is 4.42 Å². The van der Waals surface area contributed by atoms with Gasteiger partial charge in [0.05, 0.1) is 23.0 Å². The summed E-state index contributed by atoms with van der Waals surface area (Å²) in [7, 11) is -3.89. The second-order valence-electron chi connectivity index (χ2n) is 8.20. The van der Waals surface area contributed by atoms with Crippen LogP contribution in [-0.2, 0) is 10.0 Å². The number of anilines is 5. The summed E-state index contributed by atoms with van der Waals surface area (Å²) in [6, 6.07) is 14.1. The molecule has 198 valence electrons. The van der Waals surface area contributed by atoms with Crippen molar-refractivity contribution in [2.24, 2.45) is 0 Å². The predicted octanol–water partition coefficient (Wildman–Crippen LogP) is 4.14. The van der Waals surface area contributed by atoms with Crippen LogP contribution in [0, 0.1) is 0 Å². The van der Waals surface area contributed by atoms with Crippen LogP contribution >= 0.6 is 0 Å². The molecule has 2 amide bonds. The van der Waals surface area contributed by atoms with Crippen molar-refractivity contribution in [1.82, 2.24) is 29.9 Å². The Labute approximate surface area is 226 Å². The maximum absolute atomic E-state index is 12.5. The van der Waals surface area contributed by atoms with E-state index in [1.807, 2.05) is 24.3 Å². The minimum Gasteiger partial charge on any atom is -0.450 e. The lowest BCUT2D eigenvalue weighted by atomic mass is 10.2. The number of fused-ring (bicyclic) bond motifs is 3. The Morgan fingerprint density at radius 3 is 2.25 bits per heavy atom. The first-order valence-electron chi connectivity index (χ1n) is 11.6. The molecule has 0 saturated heterocycles. The minimum absolute atomic E-state index is 0.0222. The zero-order valence-electron chi connectivity index (χ0n) is 20.3. The third-order valence-corrected chi connectivity index (χ3v) is 6.86. The fourth-order valence-electron chi connectivity index (χ4n) is 3.72. The average molecular weight is 555 g/mol. The van der Waals surface area contributed by atoms with Gasteiger partial charge in [-0.3, -0.25) is 0 Å². The van der Waals surface area contributed by atoms with Crippen LogP contribution in [0.1, 0.15) is 0 Å². The number of rotatable bonds is 7. The van der Waals surface area contributed by atoms with Crippen LogP contribution in [0.2, 0.25) is 0 Å². The smallest absolute Gasteiger partial charge is 0.323 e. The molecular formula is C25H18N10O4S. The predicted molar refractivity (Wildman–Crippen MR) is 147 cm³/mol. The summed E-state index contributed by atoms with van der Waals surface area (Å²) < 4.78 is 33.2. The molecule has 6 aromatic rings. The van der Waals surface area contributed by atoms with Gasteiger partial charge < -0.3 is 20.4 Å². The second-order valence-corrected chi connectivity index (χ2v) is 9.88. The molecule has 0 aliphatic carbocycles. The summed E-state index contributed by atoms with van der Waals surface area (Å²) in [6.07, 6.45) is 7.09. The van der Waals surface area contributed by atoms with Gasteiger partial charge in [0.2, 0.25) is 11.9 Å². The first kappa shape index (κ1) is 24.6. The summed E-state index contributed by atoms with van der Waals surface area (Å²) in [4.78, 5) is 37.1. The van der Waals surface area contributed by atoms with E-state index < -0.39 is 16.1 Å². The number of carbonyl (C=O) groups excluding carboxylic acids is 1. The number of nitrogens with one attached hydrogen (secondary N) is 4. The van der Waals surface area contributed by atoms with E-state index in [2.05, 4.69) is 50.6 Å². The number of urea groups is 1. The number of aromatic nitrogens is 6. The van der Waals surface area contributed by atoms with Crippen molar-refractivity contribution in [3.8, 4) is 0 Å². The summed E-state index contributed by atoms with van der Waals surface area (Å²) in [5.41, 5.74) is 2.50. The molecular weight excluding hydrogens is 536 g/mol. The van der Waals surface area contributed by atoms with E-state index >= 15 is 0 Å². The molecule has 15 heteroatoms. The van der Waals surface area contributed by atoms with Crippen molar-refractivity contribution in [3.05, 3.63) is 85.7 Å². The molecule has 2 aromatic carbocycles. The maximum Gasteiger partial charge on any atom is 0.323 e. The molecule has 0 spiro atoms. The number of sulfonamides is 1. The van der Waals surface area contributed by atoms with Gasteiger partial charge in [0, 0.05) is 23.5 Å². The Morgan fingerprint density at radius 1 is 0.750 bits per heavy atom. The molecule has 40 heavy (non-hydrogen) atoms. The molecule has 14 nitrogen and oxygen atoms in total. The van der Waals surface area contributed by atoms with Crippen LogP contribution in [-0.4, -0.2) is 44.4 Å². The first-order chi connectivity index (χ1) is 19.4. The molecule has 4 heterocycles. The number of para-hydroxylation sites is 1. The van der Waals surface area contributed by atoms with E-state index in [9.17, 15) is 13.2 Å². The summed E-state index contributed by atoms with van der Waals surface area (Å²) in [5, 5.41) is 9.10. The molecule has 0 unspecified atom stereocenters. The van der Waals surface area contributed by atoms with Crippen LogP contribution in [0.4, 0.5) is 33.9 Å². The van der Waals surface area contributed by atoms with E-state index in [1.54, 1.807) is 6.07 Å². The highest BCUT2D eigenvalue weighted by atomic mass is 32.2. The van der Waals surface area contributed by atoms with Crippen molar-refractivity contribution in [2.75, 3.05) is 20.7 Å². The van der Waals surface area contributed by atoms with Crippen LogP contribution in [0.5, 0.6) is 0 Å². The van der Waals surface area contributed by atoms with Gasteiger partial charge >= 0.3 is 6.03 Å². The maximum atomic E-state index is 12.5. The van der Waals surface area contributed by atoms with Gasteiger partial charge in [0.15, 0.2) is 11.4 Å². The van der Waals surface area contributed by atoms with E-state index in [1.165, 1.54) is 55.4 Å². The third kappa shape index (κ3) is 5.16. The molecule has 4 aromatic heterocycles. The molecule has 0 radical (unpaired) electrons. The quantitative estimate of drug-likeness (QED) is 0.222. The Balaban J connectivity index is 1.08. The lowest BCUT2D eigenvalue weighted by molar-refractivity contribution is 0.262. The zero-order valence-corrected chi connectivity index (χ0v) is 21.1. The number of carbonyl (C=O) groups is 1. The van der Waals surface area contributed by atoms with Gasteiger partial charge in [-0.1, -0.05) is 12.1 Å². The summed E-state index contributed by atoms with van der Waals surface area (Å²) in [5.74, 6) is 0.585. The largest absolute Gasteiger partial charge is 0.450 e. The Hall–Kier alpha value is -5.70. The summed E-state index contributed by atoms with van der Waals surface area (Å²) in [6.45, 7) is 0. The highest BCUT2D eigenvalue weighted by Crippen LogP contribution is 2.31. The number of hydrogen-bond acceptors (Lipinski definition) is 11.